The van der Waals surface area contributed by atoms with E-state index in [4.69, 9.17) is 4.74 Å². The van der Waals surface area contributed by atoms with Crippen LogP contribution in [0.15, 0.2) is 18.2 Å². The first kappa shape index (κ1) is 18.0. The number of halogens is 1. The maximum atomic E-state index is 13.7. The highest BCUT2D eigenvalue weighted by Gasteiger charge is 2.37. The first-order valence-electron chi connectivity index (χ1n) is 7.47. The Kier molecular flexibility index (Phi) is 5.63. The van der Waals surface area contributed by atoms with Crippen molar-refractivity contribution in [3.05, 3.63) is 29.6 Å². The Morgan fingerprint density at radius 2 is 2.21 bits per heavy atom. The van der Waals surface area contributed by atoms with E-state index in [1.807, 2.05) is 0 Å². The van der Waals surface area contributed by atoms with Crippen LogP contribution in [0.2, 0.25) is 0 Å². The molecule has 0 saturated carbocycles. The molecule has 8 heteroatoms. The lowest BCUT2D eigenvalue weighted by Gasteiger charge is -2.39. The molecule has 1 aliphatic rings. The van der Waals surface area contributed by atoms with Gasteiger partial charge in [-0.15, -0.1) is 0 Å². The standard InChI is InChI=1S/C16H20FN3O4/c1-11(22)19-14-6-12(5-13(17)7-14)15(23)20-4-3-18-16(8-20,9-21)10-24-2/h5-7,9,18H,3-4,8,10H2,1-2H3,(H,19,22). The van der Waals surface area contributed by atoms with E-state index >= 15 is 0 Å². The molecule has 1 fully saturated rings. The van der Waals surface area contributed by atoms with Crippen molar-refractivity contribution < 1.29 is 23.5 Å². The third kappa shape index (κ3) is 4.15. The molecule has 0 radical (unpaired) electrons. The Morgan fingerprint density at radius 1 is 1.46 bits per heavy atom. The summed E-state index contributed by atoms with van der Waals surface area (Å²) >= 11 is 0. The second kappa shape index (κ2) is 7.50. The van der Waals surface area contributed by atoms with Crippen molar-refractivity contribution in [2.45, 2.75) is 12.5 Å². The number of carbonyl (C=O) groups excluding carboxylic acids is 3. The molecule has 0 bridgehead atoms. The number of amides is 2. The molecule has 7 nitrogen and oxygen atoms in total. The summed E-state index contributed by atoms with van der Waals surface area (Å²) in [6.45, 7) is 2.34. The van der Waals surface area contributed by atoms with Gasteiger partial charge in [-0.2, -0.15) is 0 Å². The van der Waals surface area contributed by atoms with Crippen molar-refractivity contribution in [1.82, 2.24) is 10.2 Å². The summed E-state index contributed by atoms with van der Waals surface area (Å²) in [5, 5.41) is 5.50. The highest BCUT2D eigenvalue weighted by Crippen LogP contribution is 2.18. The molecule has 1 atom stereocenters. The number of ether oxygens (including phenoxy) is 1. The lowest BCUT2D eigenvalue weighted by molar-refractivity contribution is -0.117. The van der Waals surface area contributed by atoms with E-state index in [-0.39, 0.29) is 30.3 Å². The predicted octanol–water partition coefficient (Wildman–Crippen LogP) is 0.414. The molecule has 0 spiro atoms. The number of nitrogens with zero attached hydrogens (tertiary/aromatic N) is 1. The van der Waals surface area contributed by atoms with Crippen LogP contribution in [0.3, 0.4) is 0 Å². The number of aldehydes is 1. The zero-order valence-electron chi connectivity index (χ0n) is 13.6. The maximum absolute atomic E-state index is 13.7. The smallest absolute Gasteiger partial charge is 0.254 e. The van der Waals surface area contributed by atoms with Gasteiger partial charge in [-0.1, -0.05) is 0 Å². The van der Waals surface area contributed by atoms with Crippen LogP contribution >= 0.6 is 0 Å². The van der Waals surface area contributed by atoms with E-state index in [2.05, 4.69) is 10.6 Å². The summed E-state index contributed by atoms with van der Waals surface area (Å²) < 4.78 is 18.8. The number of benzene rings is 1. The monoisotopic (exact) mass is 337 g/mol. The fourth-order valence-electron chi connectivity index (χ4n) is 2.73. The number of piperazine rings is 1. The molecule has 1 saturated heterocycles. The number of carbonyl (C=O) groups is 3. The number of hydrogen-bond donors (Lipinski definition) is 2. The number of anilines is 1. The summed E-state index contributed by atoms with van der Waals surface area (Å²) in [5.41, 5.74) is -0.659. The Morgan fingerprint density at radius 3 is 2.83 bits per heavy atom. The molecule has 2 N–H and O–H groups in total. The molecule has 2 rings (SSSR count). The zero-order chi connectivity index (χ0) is 17.7. The summed E-state index contributed by atoms with van der Waals surface area (Å²) in [4.78, 5) is 36.7. The van der Waals surface area contributed by atoms with Gasteiger partial charge in [-0.25, -0.2) is 4.39 Å². The molecular formula is C16H20FN3O4. The molecule has 0 aromatic heterocycles. The Bertz CT molecular complexity index is 648. The largest absolute Gasteiger partial charge is 0.382 e. The average molecular weight is 337 g/mol. The SMILES string of the molecule is COCC1(C=O)CN(C(=O)c2cc(F)cc(NC(C)=O)c2)CCN1. The molecule has 1 aromatic rings. The Balaban J connectivity index is 2.23. The number of hydrogen-bond acceptors (Lipinski definition) is 5. The quantitative estimate of drug-likeness (QED) is 0.760. The molecule has 2 amide bonds. The van der Waals surface area contributed by atoms with Crippen LogP contribution in [-0.4, -0.2) is 61.9 Å². The molecule has 1 unspecified atom stereocenters. The maximum Gasteiger partial charge on any atom is 0.254 e. The van der Waals surface area contributed by atoms with Gasteiger partial charge < -0.3 is 25.1 Å². The third-order valence-electron chi connectivity index (χ3n) is 3.71. The van der Waals surface area contributed by atoms with Crippen molar-refractivity contribution in [1.29, 1.82) is 0 Å². The van der Waals surface area contributed by atoms with Crippen LogP contribution in [-0.2, 0) is 14.3 Å². The van der Waals surface area contributed by atoms with Crippen LogP contribution in [0.1, 0.15) is 17.3 Å². The van der Waals surface area contributed by atoms with Crippen LogP contribution < -0.4 is 10.6 Å². The van der Waals surface area contributed by atoms with E-state index in [1.165, 1.54) is 25.0 Å². The van der Waals surface area contributed by atoms with Crippen molar-refractivity contribution in [3.63, 3.8) is 0 Å². The summed E-state index contributed by atoms with van der Waals surface area (Å²) in [7, 11) is 1.47. The second-order valence-electron chi connectivity index (χ2n) is 5.77. The van der Waals surface area contributed by atoms with Gasteiger partial charge in [-0.3, -0.25) is 9.59 Å². The van der Waals surface area contributed by atoms with Gasteiger partial charge in [0.15, 0.2) is 0 Å². The van der Waals surface area contributed by atoms with Gasteiger partial charge >= 0.3 is 0 Å². The summed E-state index contributed by atoms with van der Waals surface area (Å²) in [5.74, 6) is -1.40. The molecular weight excluding hydrogens is 317 g/mol. The fraction of sp³-hybridized carbons (Fsp3) is 0.438. The first-order chi connectivity index (χ1) is 11.4. The number of nitrogens with one attached hydrogen (secondary N) is 2. The summed E-state index contributed by atoms with van der Waals surface area (Å²) in [6, 6.07) is 3.65. The van der Waals surface area contributed by atoms with Gasteiger partial charge in [0.1, 0.15) is 17.6 Å². The average Bonchev–Trinajstić information content (AvgIpc) is 2.53. The number of rotatable bonds is 5. The van der Waals surface area contributed by atoms with Crippen molar-refractivity contribution in [2.75, 3.05) is 38.7 Å². The predicted molar refractivity (Wildman–Crippen MR) is 85.3 cm³/mol. The molecule has 130 valence electrons. The van der Waals surface area contributed by atoms with Crippen molar-refractivity contribution >= 4 is 23.8 Å². The summed E-state index contributed by atoms with van der Waals surface area (Å²) in [6.07, 6.45) is 0.726. The van der Waals surface area contributed by atoms with Gasteiger partial charge in [-0.05, 0) is 18.2 Å². The van der Waals surface area contributed by atoms with E-state index in [9.17, 15) is 18.8 Å². The minimum atomic E-state index is -0.976. The van der Waals surface area contributed by atoms with Crippen molar-refractivity contribution in [2.24, 2.45) is 0 Å². The van der Waals surface area contributed by atoms with Crippen LogP contribution in [0.25, 0.3) is 0 Å². The van der Waals surface area contributed by atoms with E-state index in [0.29, 0.717) is 13.1 Å². The lowest BCUT2D eigenvalue weighted by Crippen LogP contribution is -2.64. The normalized spacial score (nSPS) is 20.5. The molecule has 1 aliphatic heterocycles. The van der Waals surface area contributed by atoms with E-state index in [1.54, 1.807) is 0 Å². The highest BCUT2D eigenvalue weighted by molar-refractivity contribution is 5.97. The Labute approximate surface area is 139 Å². The van der Waals surface area contributed by atoms with Gasteiger partial charge in [0.05, 0.1) is 6.61 Å². The second-order valence-corrected chi connectivity index (χ2v) is 5.77. The molecule has 1 aromatic carbocycles. The van der Waals surface area contributed by atoms with Gasteiger partial charge in [0.2, 0.25) is 5.91 Å². The van der Waals surface area contributed by atoms with Gasteiger partial charge in [0, 0.05) is 44.9 Å². The van der Waals surface area contributed by atoms with Gasteiger partial charge in [0.25, 0.3) is 5.91 Å². The highest BCUT2D eigenvalue weighted by atomic mass is 19.1. The zero-order valence-corrected chi connectivity index (χ0v) is 13.6. The Hall–Kier alpha value is -2.32. The number of methoxy groups -OCH3 is 1. The minimum Gasteiger partial charge on any atom is -0.382 e. The van der Waals surface area contributed by atoms with E-state index < -0.39 is 17.3 Å². The van der Waals surface area contributed by atoms with Crippen LogP contribution in [0, 0.1) is 5.82 Å². The van der Waals surface area contributed by atoms with E-state index in [0.717, 1.165) is 18.4 Å². The molecule has 24 heavy (non-hydrogen) atoms. The minimum absolute atomic E-state index is 0.109. The molecule has 1 heterocycles. The molecule has 0 aliphatic carbocycles. The third-order valence-corrected chi connectivity index (χ3v) is 3.71. The van der Waals surface area contributed by atoms with Crippen LogP contribution in [0.5, 0.6) is 0 Å². The fourth-order valence-corrected chi connectivity index (χ4v) is 2.73. The topological polar surface area (TPSA) is 87.7 Å². The van der Waals surface area contributed by atoms with Crippen molar-refractivity contribution in [3.8, 4) is 0 Å². The first-order valence-corrected chi connectivity index (χ1v) is 7.47. The van der Waals surface area contributed by atoms with Crippen LogP contribution in [0.4, 0.5) is 10.1 Å². The lowest BCUT2D eigenvalue weighted by atomic mass is 9.98.